The van der Waals surface area contributed by atoms with Crippen LogP contribution >= 0.6 is 0 Å². The Morgan fingerprint density at radius 2 is 1.87 bits per heavy atom. The molecule has 3 rings (SSSR count). The van der Waals surface area contributed by atoms with Crippen molar-refractivity contribution in [3.63, 3.8) is 0 Å². The fourth-order valence-electron chi connectivity index (χ4n) is 3.82. The second kappa shape index (κ2) is 9.28. The fraction of sp³-hybridized carbons (Fsp3) is 0.545. The molecule has 0 bridgehead atoms. The third-order valence-electron chi connectivity index (χ3n) is 5.44. The standard InChI is InChI=1S/C22H30N4O4/c1-5-29-17-10-8-16(9-11-17)19(27)24-18(14(2)3)20(28)25-22(12-6-7-13-22)21-23-15(4)30-26-21/h8-11,14,18H,5-7,12-13H2,1-4H3,(H,24,27)(H,25,28). The number of nitrogens with one attached hydrogen (secondary N) is 2. The summed E-state index contributed by atoms with van der Waals surface area (Å²) >= 11 is 0. The van der Waals surface area contributed by atoms with Gasteiger partial charge in [-0.05, 0) is 49.9 Å². The number of nitrogens with zero attached hydrogens (tertiary/aromatic N) is 2. The van der Waals surface area contributed by atoms with Crippen LogP contribution in [0.5, 0.6) is 5.75 Å². The Morgan fingerprint density at radius 1 is 1.20 bits per heavy atom. The van der Waals surface area contributed by atoms with E-state index in [9.17, 15) is 9.59 Å². The van der Waals surface area contributed by atoms with E-state index in [4.69, 9.17) is 9.26 Å². The van der Waals surface area contributed by atoms with E-state index in [0.29, 0.717) is 29.6 Å². The Morgan fingerprint density at radius 3 is 2.40 bits per heavy atom. The monoisotopic (exact) mass is 414 g/mol. The first-order chi connectivity index (χ1) is 14.3. The number of hydrogen-bond donors (Lipinski definition) is 2. The Bertz CT molecular complexity index is 870. The number of carbonyl (C=O) groups excluding carboxylic acids is 2. The molecule has 0 spiro atoms. The minimum atomic E-state index is -0.686. The molecule has 1 saturated carbocycles. The lowest BCUT2D eigenvalue weighted by molar-refractivity contribution is -0.126. The minimum Gasteiger partial charge on any atom is -0.494 e. The number of aryl methyl sites for hydroxylation is 1. The molecule has 1 unspecified atom stereocenters. The zero-order chi connectivity index (χ0) is 21.7. The highest BCUT2D eigenvalue weighted by atomic mass is 16.5. The van der Waals surface area contributed by atoms with Crippen LogP contribution in [0.15, 0.2) is 28.8 Å². The summed E-state index contributed by atoms with van der Waals surface area (Å²) in [5.41, 5.74) is -0.174. The molecule has 1 atom stereocenters. The van der Waals surface area contributed by atoms with Gasteiger partial charge in [0.2, 0.25) is 11.8 Å². The Labute approximate surface area is 176 Å². The summed E-state index contributed by atoms with van der Waals surface area (Å²) in [4.78, 5) is 30.3. The number of aromatic nitrogens is 2. The molecule has 2 amide bonds. The van der Waals surface area contributed by atoms with Gasteiger partial charge in [-0.3, -0.25) is 9.59 Å². The van der Waals surface area contributed by atoms with Gasteiger partial charge in [-0.1, -0.05) is 31.8 Å². The van der Waals surface area contributed by atoms with Crippen molar-refractivity contribution in [3.8, 4) is 5.75 Å². The normalized spacial score (nSPS) is 16.3. The predicted octanol–water partition coefficient (Wildman–Crippen LogP) is 3.12. The van der Waals surface area contributed by atoms with Crippen LogP contribution in [0.2, 0.25) is 0 Å². The van der Waals surface area contributed by atoms with Crippen LogP contribution < -0.4 is 15.4 Å². The molecule has 1 aliphatic rings. The van der Waals surface area contributed by atoms with Crippen LogP contribution in [0.1, 0.15) is 68.5 Å². The molecule has 0 aliphatic heterocycles. The first kappa shape index (κ1) is 21.8. The number of amides is 2. The van der Waals surface area contributed by atoms with Gasteiger partial charge in [-0.15, -0.1) is 0 Å². The van der Waals surface area contributed by atoms with E-state index in [1.165, 1.54) is 0 Å². The molecule has 8 nitrogen and oxygen atoms in total. The van der Waals surface area contributed by atoms with Gasteiger partial charge >= 0.3 is 0 Å². The van der Waals surface area contributed by atoms with E-state index in [1.54, 1.807) is 31.2 Å². The van der Waals surface area contributed by atoms with Crippen molar-refractivity contribution in [2.75, 3.05) is 6.61 Å². The predicted molar refractivity (Wildman–Crippen MR) is 111 cm³/mol. The Kier molecular flexibility index (Phi) is 6.74. The van der Waals surface area contributed by atoms with Crippen molar-refractivity contribution in [1.82, 2.24) is 20.8 Å². The largest absolute Gasteiger partial charge is 0.494 e. The number of ether oxygens (including phenoxy) is 1. The fourth-order valence-corrected chi connectivity index (χ4v) is 3.82. The van der Waals surface area contributed by atoms with E-state index in [1.807, 2.05) is 20.8 Å². The summed E-state index contributed by atoms with van der Waals surface area (Å²) in [7, 11) is 0. The number of rotatable bonds is 8. The number of hydrogen-bond acceptors (Lipinski definition) is 6. The molecule has 162 valence electrons. The van der Waals surface area contributed by atoms with Crippen LogP contribution in [-0.4, -0.2) is 34.6 Å². The number of benzene rings is 1. The van der Waals surface area contributed by atoms with Crippen LogP contribution in [0.25, 0.3) is 0 Å². The average Bonchev–Trinajstić information content (AvgIpc) is 3.36. The molecule has 30 heavy (non-hydrogen) atoms. The smallest absolute Gasteiger partial charge is 0.251 e. The van der Waals surface area contributed by atoms with Gasteiger partial charge in [-0.2, -0.15) is 4.98 Å². The average molecular weight is 415 g/mol. The van der Waals surface area contributed by atoms with E-state index in [-0.39, 0.29) is 17.7 Å². The molecular weight excluding hydrogens is 384 g/mol. The Hall–Kier alpha value is -2.90. The van der Waals surface area contributed by atoms with Crippen molar-refractivity contribution in [3.05, 3.63) is 41.5 Å². The zero-order valence-electron chi connectivity index (χ0n) is 18.0. The van der Waals surface area contributed by atoms with Gasteiger partial charge in [0.05, 0.1) is 6.61 Å². The second-order valence-corrected chi connectivity index (χ2v) is 8.07. The highest BCUT2D eigenvalue weighted by Crippen LogP contribution is 2.37. The van der Waals surface area contributed by atoms with Gasteiger partial charge in [0, 0.05) is 12.5 Å². The van der Waals surface area contributed by atoms with Crippen molar-refractivity contribution in [1.29, 1.82) is 0 Å². The summed E-state index contributed by atoms with van der Waals surface area (Å²) in [5.74, 6) is 1.03. The molecule has 2 N–H and O–H groups in total. The Balaban J connectivity index is 1.73. The van der Waals surface area contributed by atoms with Crippen molar-refractivity contribution >= 4 is 11.8 Å². The van der Waals surface area contributed by atoms with Gasteiger partial charge < -0.3 is 19.9 Å². The van der Waals surface area contributed by atoms with Gasteiger partial charge in [-0.25, -0.2) is 0 Å². The van der Waals surface area contributed by atoms with E-state index < -0.39 is 11.6 Å². The van der Waals surface area contributed by atoms with Crippen molar-refractivity contribution in [2.45, 2.75) is 65.0 Å². The lowest BCUT2D eigenvalue weighted by atomic mass is 9.94. The summed E-state index contributed by atoms with van der Waals surface area (Å²) in [6.45, 7) is 8.00. The van der Waals surface area contributed by atoms with E-state index in [0.717, 1.165) is 25.7 Å². The second-order valence-electron chi connectivity index (χ2n) is 8.07. The molecule has 1 heterocycles. The lowest BCUT2D eigenvalue weighted by Crippen LogP contribution is -2.55. The molecule has 1 fully saturated rings. The van der Waals surface area contributed by atoms with Gasteiger partial charge in [0.15, 0.2) is 5.82 Å². The first-order valence-electron chi connectivity index (χ1n) is 10.5. The SMILES string of the molecule is CCOc1ccc(C(=O)NC(C(=O)NC2(c3noc(C)n3)CCCC2)C(C)C)cc1. The van der Waals surface area contributed by atoms with Crippen molar-refractivity contribution in [2.24, 2.45) is 5.92 Å². The maximum Gasteiger partial charge on any atom is 0.251 e. The highest BCUT2D eigenvalue weighted by Gasteiger charge is 2.42. The van der Waals surface area contributed by atoms with E-state index in [2.05, 4.69) is 20.8 Å². The highest BCUT2D eigenvalue weighted by molar-refractivity contribution is 5.97. The van der Waals surface area contributed by atoms with Crippen LogP contribution in [0, 0.1) is 12.8 Å². The van der Waals surface area contributed by atoms with Crippen molar-refractivity contribution < 1.29 is 18.8 Å². The maximum absolute atomic E-state index is 13.2. The number of carbonyl (C=O) groups is 2. The lowest BCUT2D eigenvalue weighted by Gasteiger charge is -2.30. The van der Waals surface area contributed by atoms with Crippen LogP contribution in [0.4, 0.5) is 0 Å². The summed E-state index contributed by atoms with van der Waals surface area (Å²) in [5, 5.41) is 10.1. The van der Waals surface area contributed by atoms with Crippen LogP contribution in [-0.2, 0) is 10.3 Å². The van der Waals surface area contributed by atoms with Gasteiger partial charge in [0.25, 0.3) is 5.91 Å². The third kappa shape index (κ3) is 4.80. The summed E-state index contributed by atoms with van der Waals surface area (Å²) in [6.07, 6.45) is 3.43. The summed E-state index contributed by atoms with van der Waals surface area (Å²) < 4.78 is 10.6. The molecule has 0 radical (unpaired) electrons. The molecule has 1 aliphatic carbocycles. The molecule has 0 saturated heterocycles. The molecule has 1 aromatic carbocycles. The van der Waals surface area contributed by atoms with E-state index >= 15 is 0 Å². The van der Waals surface area contributed by atoms with Gasteiger partial charge in [0.1, 0.15) is 17.3 Å². The summed E-state index contributed by atoms with van der Waals surface area (Å²) in [6, 6.07) is 6.19. The maximum atomic E-state index is 13.2. The quantitative estimate of drug-likeness (QED) is 0.687. The minimum absolute atomic E-state index is 0.0953. The molecule has 2 aromatic rings. The third-order valence-corrected chi connectivity index (χ3v) is 5.44. The molecular formula is C22H30N4O4. The first-order valence-corrected chi connectivity index (χ1v) is 10.5. The molecule has 1 aromatic heterocycles. The van der Waals surface area contributed by atoms with Crippen LogP contribution in [0.3, 0.4) is 0 Å². The zero-order valence-corrected chi connectivity index (χ0v) is 18.0. The topological polar surface area (TPSA) is 106 Å². The molecule has 8 heteroatoms.